The maximum absolute atomic E-state index is 6.65. The van der Waals surface area contributed by atoms with E-state index in [2.05, 4.69) is 103 Å². The first-order chi connectivity index (χ1) is 23.3. The molecule has 0 bridgehead atoms. The zero-order valence-corrected chi connectivity index (χ0v) is 25.3. The van der Waals surface area contributed by atoms with E-state index in [9.17, 15) is 0 Å². The summed E-state index contributed by atoms with van der Waals surface area (Å²) in [5.74, 6) is 1.92. The number of nitrogens with zero attached hydrogens (tertiary/aromatic N) is 3. The second-order valence-electron chi connectivity index (χ2n) is 11.7. The fraction of sp³-hybridized carbons (Fsp3) is 0. The summed E-state index contributed by atoms with van der Waals surface area (Å²) in [5, 5.41) is 4.57. The first-order valence-corrected chi connectivity index (χ1v) is 15.7. The number of furan rings is 1. The van der Waals surface area contributed by atoms with Gasteiger partial charge in [-0.3, -0.25) is 0 Å². The lowest BCUT2D eigenvalue weighted by molar-refractivity contribution is 0.670. The summed E-state index contributed by atoms with van der Waals surface area (Å²) in [6, 6.07) is 56.4. The van der Waals surface area contributed by atoms with Gasteiger partial charge in [0, 0.05) is 33.0 Å². The number of fused-ring (bicyclic) bond motifs is 4. The third-order valence-electron chi connectivity index (χ3n) is 8.70. The molecule has 0 saturated heterocycles. The highest BCUT2D eigenvalue weighted by atomic mass is 16.3. The van der Waals surface area contributed by atoms with Crippen LogP contribution in [0.4, 0.5) is 0 Å². The van der Waals surface area contributed by atoms with Gasteiger partial charge in [0.2, 0.25) is 0 Å². The average molecular weight is 602 g/mol. The van der Waals surface area contributed by atoms with Gasteiger partial charge in [-0.2, -0.15) is 0 Å². The molecule has 0 unspecified atom stereocenters. The lowest BCUT2D eigenvalue weighted by Crippen LogP contribution is -2.00. The van der Waals surface area contributed by atoms with Gasteiger partial charge in [0.1, 0.15) is 11.2 Å². The molecule has 220 valence electrons. The summed E-state index contributed by atoms with van der Waals surface area (Å²) >= 11 is 0. The third-order valence-corrected chi connectivity index (χ3v) is 8.70. The van der Waals surface area contributed by atoms with Gasteiger partial charge in [-0.05, 0) is 51.7 Å². The van der Waals surface area contributed by atoms with E-state index in [4.69, 9.17) is 19.4 Å². The van der Waals surface area contributed by atoms with Gasteiger partial charge in [0.15, 0.2) is 17.5 Å². The van der Waals surface area contributed by atoms with Crippen LogP contribution in [0.3, 0.4) is 0 Å². The zero-order chi connectivity index (χ0) is 31.2. The molecule has 9 aromatic rings. The first-order valence-electron chi connectivity index (χ1n) is 15.7. The Balaban J connectivity index is 1.20. The van der Waals surface area contributed by atoms with Crippen LogP contribution in [0.5, 0.6) is 0 Å². The fourth-order valence-electron chi connectivity index (χ4n) is 6.31. The molecule has 0 fully saturated rings. The Bertz CT molecular complexity index is 2480. The lowest BCUT2D eigenvalue weighted by atomic mass is 9.95. The SMILES string of the molecule is c1ccc(-c2cc(-c3ccc(-c4nc(-c5ccccc5)nc(-c5ccccc5)n4)cc3)c3oc4cc5ccccc5cc4c3c2)cc1. The van der Waals surface area contributed by atoms with Crippen molar-refractivity contribution in [1.82, 2.24) is 15.0 Å². The number of hydrogen-bond donors (Lipinski definition) is 0. The van der Waals surface area contributed by atoms with Crippen LogP contribution in [0.25, 0.3) is 89.1 Å². The van der Waals surface area contributed by atoms with E-state index in [-0.39, 0.29) is 0 Å². The summed E-state index contributed by atoms with van der Waals surface area (Å²) in [6.45, 7) is 0. The lowest BCUT2D eigenvalue weighted by Gasteiger charge is -2.10. The molecule has 7 aromatic carbocycles. The Morgan fingerprint density at radius 1 is 0.340 bits per heavy atom. The van der Waals surface area contributed by atoms with Crippen molar-refractivity contribution in [2.45, 2.75) is 0 Å². The molecule has 0 N–H and O–H groups in total. The van der Waals surface area contributed by atoms with Gasteiger partial charge in [0.05, 0.1) is 0 Å². The molecule has 2 heterocycles. The predicted molar refractivity (Wildman–Crippen MR) is 192 cm³/mol. The highest BCUT2D eigenvalue weighted by Crippen LogP contribution is 2.41. The summed E-state index contributed by atoms with van der Waals surface area (Å²) in [5.41, 5.74) is 8.97. The van der Waals surface area contributed by atoms with Crippen molar-refractivity contribution in [2.24, 2.45) is 0 Å². The quantitative estimate of drug-likeness (QED) is 0.197. The molecule has 0 aliphatic rings. The molecule has 9 rings (SSSR count). The van der Waals surface area contributed by atoms with Crippen LogP contribution in [-0.4, -0.2) is 15.0 Å². The molecule has 0 amide bonds. The van der Waals surface area contributed by atoms with Crippen molar-refractivity contribution in [2.75, 3.05) is 0 Å². The monoisotopic (exact) mass is 601 g/mol. The predicted octanol–water partition coefficient (Wildman–Crippen LogP) is 11.3. The maximum Gasteiger partial charge on any atom is 0.164 e. The molecule has 0 spiro atoms. The maximum atomic E-state index is 6.65. The van der Waals surface area contributed by atoms with Gasteiger partial charge in [-0.1, -0.05) is 140 Å². The van der Waals surface area contributed by atoms with E-state index in [1.54, 1.807) is 0 Å². The molecule has 4 nitrogen and oxygen atoms in total. The highest BCUT2D eigenvalue weighted by molar-refractivity contribution is 6.14. The van der Waals surface area contributed by atoms with Crippen LogP contribution in [0, 0.1) is 0 Å². The van der Waals surface area contributed by atoms with E-state index in [0.29, 0.717) is 17.5 Å². The first kappa shape index (κ1) is 27.0. The van der Waals surface area contributed by atoms with Gasteiger partial charge in [-0.15, -0.1) is 0 Å². The fourth-order valence-corrected chi connectivity index (χ4v) is 6.31. The van der Waals surface area contributed by atoms with Gasteiger partial charge in [-0.25, -0.2) is 15.0 Å². The van der Waals surface area contributed by atoms with Crippen molar-refractivity contribution in [3.63, 3.8) is 0 Å². The van der Waals surface area contributed by atoms with Crippen molar-refractivity contribution >= 4 is 32.7 Å². The standard InChI is InChI=1S/C43H27N3O/c1-4-12-28(13-5-1)35-25-36(40-38(26-35)37-24-33-18-10-11-19-34(33)27-39(37)47-40)29-20-22-32(23-21-29)43-45-41(30-14-6-2-7-15-30)44-42(46-43)31-16-8-3-9-17-31/h1-27H. The van der Waals surface area contributed by atoms with E-state index < -0.39 is 0 Å². The van der Waals surface area contributed by atoms with Gasteiger partial charge >= 0.3 is 0 Å². The minimum atomic E-state index is 0.628. The number of benzene rings is 7. The van der Waals surface area contributed by atoms with E-state index in [0.717, 1.165) is 66.3 Å². The van der Waals surface area contributed by atoms with Crippen molar-refractivity contribution in [1.29, 1.82) is 0 Å². The molecule has 0 aliphatic carbocycles. The zero-order valence-electron chi connectivity index (χ0n) is 25.3. The average Bonchev–Trinajstić information content (AvgIpc) is 3.51. The minimum Gasteiger partial charge on any atom is -0.455 e. The smallest absolute Gasteiger partial charge is 0.164 e. The largest absolute Gasteiger partial charge is 0.455 e. The molecule has 2 aromatic heterocycles. The molecule has 0 radical (unpaired) electrons. The molecule has 4 heteroatoms. The van der Waals surface area contributed by atoms with Crippen molar-refractivity contribution in [3.8, 4) is 56.4 Å². The second kappa shape index (κ2) is 11.2. The van der Waals surface area contributed by atoms with Crippen LogP contribution in [0.15, 0.2) is 168 Å². The Labute approximate surface area is 271 Å². The third kappa shape index (κ3) is 4.93. The van der Waals surface area contributed by atoms with Crippen molar-refractivity contribution < 1.29 is 4.42 Å². The molecule has 0 aliphatic heterocycles. The Morgan fingerprint density at radius 3 is 1.38 bits per heavy atom. The Morgan fingerprint density at radius 2 is 0.809 bits per heavy atom. The Hall–Kier alpha value is -6.39. The molecule has 47 heavy (non-hydrogen) atoms. The van der Waals surface area contributed by atoms with Gasteiger partial charge in [0.25, 0.3) is 0 Å². The van der Waals surface area contributed by atoms with Crippen LogP contribution in [-0.2, 0) is 0 Å². The summed E-state index contributed by atoms with van der Waals surface area (Å²) < 4.78 is 6.65. The summed E-state index contributed by atoms with van der Waals surface area (Å²) in [6.07, 6.45) is 0. The highest BCUT2D eigenvalue weighted by Gasteiger charge is 2.17. The van der Waals surface area contributed by atoms with E-state index in [1.807, 2.05) is 60.7 Å². The second-order valence-corrected chi connectivity index (χ2v) is 11.7. The summed E-state index contributed by atoms with van der Waals surface area (Å²) in [4.78, 5) is 14.7. The molecular weight excluding hydrogens is 574 g/mol. The minimum absolute atomic E-state index is 0.628. The molecule has 0 atom stereocenters. The number of aromatic nitrogens is 3. The Kier molecular flexibility index (Phi) is 6.43. The number of hydrogen-bond acceptors (Lipinski definition) is 4. The van der Waals surface area contributed by atoms with Crippen LogP contribution < -0.4 is 0 Å². The normalized spacial score (nSPS) is 11.4. The molecular formula is C43H27N3O. The van der Waals surface area contributed by atoms with Crippen LogP contribution >= 0.6 is 0 Å². The van der Waals surface area contributed by atoms with Gasteiger partial charge < -0.3 is 4.42 Å². The van der Waals surface area contributed by atoms with E-state index in [1.165, 1.54) is 5.39 Å². The number of rotatable bonds is 5. The molecule has 0 saturated carbocycles. The van der Waals surface area contributed by atoms with Crippen molar-refractivity contribution in [3.05, 3.63) is 164 Å². The topological polar surface area (TPSA) is 51.8 Å². The van der Waals surface area contributed by atoms with Crippen LogP contribution in [0.2, 0.25) is 0 Å². The van der Waals surface area contributed by atoms with Crippen LogP contribution in [0.1, 0.15) is 0 Å². The summed E-state index contributed by atoms with van der Waals surface area (Å²) in [7, 11) is 0. The van der Waals surface area contributed by atoms with E-state index >= 15 is 0 Å².